The lowest BCUT2D eigenvalue weighted by atomic mass is 9.86. The Morgan fingerprint density at radius 1 is 1.12 bits per heavy atom. The molecule has 0 radical (unpaired) electrons. The summed E-state index contributed by atoms with van der Waals surface area (Å²) in [6, 6.07) is 21.0. The number of nitrogens with two attached hydrogens (primary N) is 1. The van der Waals surface area contributed by atoms with Crippen LogP contribution in [0.4, 0.5) is 0 Å². The van der Waals surface area contributed by atoms with Crippen LogP contribution < -0.4 is 5.73 Å². The molecule has 1 heterocycles. The summed E-state index contributed by atoms with van der Waals surface area (Å²) >= 11 is 0. The predicted molar refractivity (Wildman–Crippen MR) is 104 cm³/mol. The van der Waals surface area contributed by atoms with Gasteiger partial charge in [-0.1, -0.05) is 60.7 Å². The van der Waals surface area contributed by atoms with Gasteiger partial charge in [-0.25, -0.2) is 0 Å². The first-order valence-corrected chi connectivity index (χ1v) is 9.25. The van der Waals surface area contributed by atoms with Crippen molar-refractivity contribution in [3.8, 4) is 0 Å². The Morgan fingerprint density at radius 2 is 1.65 bits per heavy atom. The van der Waals surface area contributed by atoms with E-state index in [1.807, 2.05) is 17.0 Å². The maximum atomic E-state index is 12.5. The van der Waals surface area contributed by atoms with Gasteiger partial charge in [-0.15, -0.1) is 0 Å². The van der Waals surface area contributed by atoms with Crippen LogP contribution in [0.15, 0.2) is 60.7 Å². The molecule has 1 fully saturated rings. The molecule has 3 rings (SSSR count). The van der Waals surface area contributed by atoms with E-state index in [1.165, 1.54) is 11.1 Å². The smallest absolute Gasteiger partial charge is 0.242 e. The summed E-state index contributed by atoms with van der Waals surface area (Å²) < 4.78 is 6.01. The van der Waals surface area contributed by atoms with Gasteiger partial charge in [-0.3, -0.25) is 4.79 Å². The summed E-state index contributed by atoms with van der Waals surface area (Å²) in [7, 11) is 0. The molecule has 0 spiro atoms. The first-order valence-electron chi connectivity index (χ1n) is 9.25. The van der Waals surface area contributed by atoms with Gasteiger partial charge in [0.15, 0.2) is 0 Å². The molecule has 2 aromatic carbocycles. The maximum absolute atomic E-state index is 12.5. The number of ether oxygens (including phenoxy) is 1. The Balaban J connectivity index is 1.78. The molecule has 26 heavy (non-hydrogen) atoms. The average molecular weight is 352 g/mol. The molecule has 1 aliphatic heterocycles. The highest BCUT2D eigenvalue weighted by molar-refractivity contribution is 5.85. The number of carbonyl (C=O) groups excluding carboxylic acids is 1. The minimum Gasteiger partial charge on any atom is -0.375 e. The highest BCUT2D eigenvalue weighted by Crippen LogP contribution is 2.31. The van der Waals surface area contributed by atoms with Crippen LogP contribution in [0.25, 0.3) is 0 Å². The van der Waals surface area contributed by atoms with Crippen molar-refractivity contribution < 1.29 is 9.53 Å². The number of benzene rings is 2. The van der Waals surface area contributed by atoms with Crippen LogP contribution in [-0.4, -0.2) is 42.1 Å². The molecule has 1 aliphatic rings. The number of carbonyl (C=O) groups is 1. The first kappa shape index (κ1) is 18.6. The van der Waals surface area contributed by atoms with Gasteiger partial charge in [0.2, 0.25) is 5.91 Å². The summed E-state index contributed by atoms with van der Waals surface area (Å²) in [6.45, 7) is 5.28. The van der Waals surface area contributed by atoms with Crippen LogP contribution in [0.3, 0.4) is 0 Å². The predicted octanol–water partition coefficient (Wildman–Crippen LogP) is 3.17. The van der Waals surface area contributed by atoms with Crippen molar-refractivity contribution in [2.45, 2.75) is 37.8 Å². The van der Waals surface area contributed by atoms with E-state index in [-0.39, 0.29) is 17.9 Å². The van der Waals surface area contributed by atoms with Gasteiger partial charge in [0.05, 0.1) is 18.2 Å². The molecular formula is C22H28N2O2. The van der Waals surface area contributed by atoms with Gasteiger partial charge in [0, 0.05) is 19.0 Å². The molecular weight excluding hydrogens is 324 g/mol. The van der Waals surface area contributed by atoms with E-state index >= 15 is 0 Å². The second-order valence-corrected chi connectivity index (χ2v) is 7.58. The summed E-state index contributed by atoms with van der Waals surface area (Å²) in [5, 5.41) is 0. The second-order valence-electron chi connectivity index (χ2n) is 7.58. The number of nitrogens with zero attached hydrogens (tertiary/aromatic N) is 1. The van der Waals surface area contributed by atoms with Crippen LogP contribution in [0.1, 0.15) is 37.3 Å². The second kappa shape index (κ2) is 8.02. The zero-order valence-corrected chi connectivity index (χ0v) is 15.6. The van der Waals surface area contributed by atoms with Gasteiger partial charge in [0.25, 0.3) is 0 Å². The average Bonchev–Trinajstić information content (AvgIpc) is 2.66. The number of hydrogen-bond donors (Lipinski definition) is 1. The standard InChI is InChI=1S/C22H28N2O2/c1-22(2,23)21(25)24-13-14-26-19(16-24)15-20(17-9-5-3-6-10-17)18-11-7-4-8-12-18/h3-12,19-20H,13-16,23H2,1-2H3. The Bertz CT molecular complexity index is 670. The molecule has 0 bridgehead atoms. The van der Waals surface area contributed by atoms with E-state index < -0.39 is 5.54 Å². The third kappa shape index (κ3) is 4.51. The topological polar surface area (TPSA) is 55.6 Å². The summed E-state index contributed by atoms with van der Waals surface area (Å²) in [4.78, 5) is 14.4. The zero-order valence-electron chi connectivity index (χ0n) is 15.6. The van der Waals surface area contributed by atoms with E-state index in [0.29, 0.717) is 19.7 Å². The summed E-state index contributed by atoms with van der Waals surface area (Å²) in [5.41, 5.74) is 7.70. The van der Waals surface area contributed by atoms with Crippen molar-refractivity contribution in [2.75, 3.05) is 19.7 Å². The van der Waals surface area contributed by atoms with E-state index in [4.69, 9.17) is 10.5 Å². The zero-order chi connectivity index (χ0) is 18.6. The van der Waals surface area contributed by atoms with E-state index in [0.717, 1.165) is 6.42 Å². The number of morpholine rings is 1. The van der Waals surface area contributed by atoms with Gasteiger partial charge in [-0.2, -0.15) is 0 Å². The van der Waals surface area contributed by atoms with Crippen molar-refractivity contribution in [1.29, 1.82) is 0 Å². The fourth-order valence-corrected chi connectivity index (χ4v) is 3.55. The normalized spacial score (nSPS) is 18.2. The van der Waals surface area contributed by atoms with E-state index in [9.17, 15) is 4.79 Å². The van der Waals surface area contributed by atoms with Crippen molar-refractivity contribution in [1.82, 2.24) is 4.90 Å². The molecule has 0 aliphatic carbocycles. The van der Waals surface area contributed by atoms with E-state index in [1.54, 1.807) is 13.8 Å². The van der Waals surface area contributed by atoms with Gasteiger partial charge >= 0.3 is 0 Å². The molecule has 1 atom stereocenters. The fourth-order valence-electron chi connectivity index (χ4n) is 3.55. The van der Waals surface area contributed by atoms with E-state index in [2.05, 4.69) is 48.5 Å². The highest BCUT2D eigenvalue weighted by Gasteiger charge is 2.33. The number of rotatable bonds is 5. The lowest BCUT2D eigenvalue weighted by Gasteiger charge is -2.37. The molecule has 2 N–H and O–H groups in total. The fraction of sp³-hybridized carbons (Fsp3) is 0.409. The van der Waals surface area contributed by atoms with Crippen molar-refractivity contribution in [3.05, 3.63) is 71.8 Å². The molecule has 1 unspecified atom stereocenters. The summed E-state index contributed by atoms with van der Waals surface area (Å²) in [5.74, 6) is 0.227. The van der Waals surface area contributed by atoms with Crippen LogP contribution in [0, 0.1) is 0 Å². The first-order chi connectivity index (χ1) is 12.4. The monoisotopic (exact) mass is 352 g/mol. The molecule has 0 saturated carbocycles. The molecule has 1 saturated heterocycles. The van der Waals surface area contributed by atoms with Crippen LogP contribution >= 0.6 is 0 Å². The molecule has 2 aromatic rings. The number of amides is 1. The minimum absolute atomic E-state index is 0.000428. The van der Waals surface area contributed by atoms with Crippen LogP contribution in [0.5, 0.6) is 0 Å². The Labute approximate surface area is 156 Å². The molecule has 138 valence electrons. The highest BCUT2D eigenvalue weighted by atomic mass is 16.5. The molecule has 4 heteroatoms. The Hall–Kier alpha value is -2.17. The maximum Gasteiger partial charge on any atom is 0.242 e. The third-order valence-electron chi connectivity index (χ3n) is 4.88. The third-order valence-corrected chi connectivity index (χ3v) is 4.88. The SMILES string of the molecule is CC(C)(N)C(=O)N1CCOC(CC(c2ccccc2)c2ccccc2)C1. The molecule has 4 nitrogen and oxygen atoms in total. The Kier molecular flexibility index (Phi) is 5.74. The Morgan fingerprint density at radius 3 is 2.15 bits per heavy atom. The van der Waals surface area contributed by atoms with Crippen molar-refractivity contribution in [3.63, 3.8) is 0 Å². The lowest BCUT2D eigenvalue weighted by molar-refractivity contribution is -0.143. The van der Waals surface area contributed by atoms with Gasteiger partial charge in [0.1, 0.15) is 0 Å². The van der Waals surface area contributed by atoms with Crippen molar-refractivity contribution >= 4 is 5.91 Å². The van der Waals surface area contributed by atoms with Gasteiger partial charge < -0.3 is 15.4 Å². The molecule has 1 amide bonds. The largest absolute Gasteiger partial charge is 0.375 e. The van der Waals surface area contributed by atoms with Crippen LogP contribution in [-0.2, 0) is 9.53 Å². The summed E-state index contributed by atoms with van der Waals surface area (Å²) in [6.07, 6.45) is 0.837. The van der Waals surface area contributed by atoms with Crippen molar-refractivity contribution in [2.24, 2.45) is 5.73 Å². The quantitative estimate of drug-likeness (QED) is 0.899. The number of hydrogen-bond acceptors (Lipinski definition) is 3. The lowest BCUT2D eigenvalue weighted by Crippen LogP contribution is -2.56. The van der Waals surface area contributed by atoms with Gasteiger partial charge in [-0.05, 0) is 31.4 Å². The minimum atomic E-state index is -0.847. The molecule has 0 aromatic heterocycles. The van der Waals surface area contributed by atoms with Crippen LogP contribution in [0.2, 0.25) is 0 Å².